The van der Waals surface area contributed by atoms with Crippen LogP contribution in [0.1, 0.15) is 23.1 Å². The van der Waals surface area contributed by atoms with Gasteiger partial charge >= 0.3 is 6.09 Å². The lowest BCUT2D eigenvalue weighted by Crippen LogP contribution is -2.24. The van der Waals surface area contributed by atoms with Gasteiger partial charge in [0, 0.05) is 24.6 Å². The summed E-state index contributed by atoms with van der Waals surface area (Å²) >= 11 is 0. The summed E-state index contributed by atoms with van der Waals surface area (Å²) in [7, 11) is 0. The summed E-state index contributed by atoms with van der Waals surface area (Å²) in [5.41, 5.74) is 1.04. The Morgan fingerprint density at radius 1 is 1.23 bits per heavy atom. The quantitative estimate of drug-likeness (QED) is 0.386. The first-order valence-electron chi connectivity index (χ1n) is 7.72. The molecule has 0 aliphatic rings. The Morgan fingerprint density at radius 2 is 2.00 bits per heavy atom. The van der Waals surface area contributed by atoms with Crippen LogP contribution in [0, 0.1) is 33.3 Å². The number of carbonyl (C=O) groups is 1. The van der Waals surface area contributed by atoms with Crippen LogP contribution in [-0.4, -0.2) is 17.6 Å². The molecular formula is C19H15N3O4. The van der Waals surface area contributed by atoms with Crippen LogP contribution in [0.2, 0.25) is 0 Å². The molecule has 26 heavy (non-hydrogen) atoms. The van der Waals surface area contributed by atoms with Gasteiger partial charge in [0.2, 0.25) is 0 Å². The average Bonchev–Trinajstić information content (AvgIpc) is 2.66. The molecule has 0 aromatic heterocycles. The summed E-state index contributed by atoms with van der Waals surface area (Å²) in [6, 6.07) is 15.2. The maximum Gasteiger partial charge on any atom is 0.407 e. The molecule has 0 radical (unpaired) electrons. The van der Waals surface area contributed by atoms with Crippen LogP contribution in [0.5, 0.6) is 0 Å². The van der Waals surface area contributed by atoms with Gasteiger partial charge in [0.1, 0.15) is 18.2 Å². The molecule has 0 aliphatic carbocycles. The zero-order valence-corrected chi connectivity index (χ0v) is 13.8. The first-order valence-corrected chi connectivity index (χ1v) is 7.72. The van der Waals surface area contributed by atoms with E-state index in [9.17, 15) is 14.9 Å². The third-order valence-electron chi connectivity index (χ3n) is 3.28. The maximum absolute atomic E-state index is 11.6. The number of nitrogens with zero attached hydrogens (tertiary/aromatic N) is 2. The van der Waals surface area contributed by atoms with E-state index in [1.807, 2.05) is 30.3 Å². The van der Waals surface area contributed by atoms with E-state index in [-0.39, 0.29) is 17.9 Å². The summed E-state index contributed by atoms with van der Waals surface area (Å²) in [5, 5.41) is 22.3. The molecule has 1 amide bonds. The van der Waals surface area contributed by atoms with Gasteiger partial charge < -0.3 is 10.1 Å². The van der Waals surface area contributed by atoms with E-state index in [1.54, 1.807) is 12.1 Å². The van der Waals surface area contributed by atoms with Crippen LogP contribution in [0.3, 0.4) is 0 Å². The third-order valence-corrected chi connectivity index (χ3v) is 3.28. The van der Waals surface area contributed by atoms with Gasteiger partial charge in [-0.15, -0.1) is 0 Å². The molecule has 2 aromatic carbocycles. The van der Waals surface area contributed by atoms with Gasteiger partial charge in [-0.1, -0.05) is 42.2 Å². The molecule has 0 aliphatic heterocycles. The van der Waals surface area contributed by atoms with Crippen molar-refractivity contribution in [3.63, 3.8) is 0 Å². The van der Waals surface area contributed by atoms with Crippen molar-refractivity contribution in [2.45, 2.75) is 13.0 Å². The lowest BCUT2D eigenvalue weighted by Gasteiger charge is -2.05. The number of alkyl carbamates (subject to hydrolysis) is 1. The fourth-order valence-corrected chi connectivity index (χ4v) is 2.02. The van der Waals surface area contributed by atoms with Gasteiger partial charge in [-0.25, -0.2) is 4.79 Å². The monoisotopic (exact) mass is 349 g/mol. The highest BCUT2D eigenvalue weighted by atomic mass is 16.6. The Labute approximate surface area is 150 Å². The second-order valence-electron chi connectivity index (χ2n) is 5.14. The minimum atomic E-state index is -0.617. The van der Waals surface area contributed by atoms with Crippen LogP contribution < -0.4 is 5.32 Å². The van der Waals surface area contributed by atoms with Crippen molar-refractivity contribution in [3.8, 4) is 17.9 Å². The first-order chi connectivity index (χ1) is 12.6. The molecule has 0 bridgehead atoms. The summed E-state index contributed by atoms with van der Waals surface area (Å²) in [5.74, 6) is 5.58. The van der Waals surface area contributed by atoms with Gasteiger partial charge in [0.15, 0.2) is 0 Å². The third kappa shape index (κ3) is 5.66. The van der Waals surface area contributed by atoms with Gasteiger partial charge in [0.05, 0.1) is 4.92 Å². The summed E-state index contributed by atoms with van der Waals surface area (Å²) in [6.45, 7) is 0.478. The summed E-state index contributed by atoms with van der Waals surface area (Å²) < 4.78 is 5.06. The predicted octanol–water partition coefficient (Wildman–Crippen LogP) is 3.13. The predicted molar refractivity (Wildman–Crippen MR) is 93.9 cm³/mol. The zero-order chi connectivity index (χ0) is 18.8. The number of benzene rings is 2. The van der Waals surface area contributed by atoms with Gasteiger partial charge in [-0.05, 0) is 17.7 Å². The van der Waals surface area contributed by atoms with Crippen LogP contribution in [0.25, 0.3) is 0 Å². The molecule has 7 nitrogen and oxygen atoms in total. The van der Waals surface area contributed by atoms with E-state index in [0.717, 1.165) is 5.56 Å². The van der Waals surface area contributed by atoms with Gasteiger partial charge in [-0.2, -0.15) is 5.26 Å². The van der Waals surface area contributed by atoms with E-state index in [1.165, 1.54) is 12.1 Å². The number of carbonyl (C=O) groups excluding carboxylic acids is 1. The van der Waals surface area contributed by atoms with Gasteiger partial charge in [-0.3, -0.25) is 10.1 Å². The lowest BCUT2D eigenvalue weighted by molar-refractivity contribution is -0.385. The van der Waals surface area contributed by atoms with E-state index in [0.29, 0.717) is 18.5 Å². The van der Waals surface area contributed by atoms with Crippen molar-refractivity contribution < 1.29 is 14.5 Å². The SMILES string of the molecule is N#Cc1ccc(C#CCCNC(=O)OCc2ccccc2)cc1[N+](=O)[O-]. The number of nitriles is 1. The van der Waals surface area contributed by atoms with E-state index in [2.05, 4.69) is 17.2 Å². The van der Waals surface area contributed by atoms with Crippen LogP contribution in [0.15, 0.2) is 48.5 Å². The molecule has 7 heteroatoms. The van der Waals surface area contributed by atoms with E-state index < -0.39 is 11.0 Å². The molecule has 0 fully saturated rings. The average molecular weight is 349 g/mol. The number of hydrogen-bond acceptors (Lipinski definition) is 5. The van der Waals surface area contributed by atoms with Crippen molar-refractivity contribution in [1.29, 1.82) is 5.26 Å². The Morgan fingerprint density at radius 3 is 2.69 bits per heavy atom. The molecular weight excluding hydrogens is 334 g/mol. The number of nitrogens with one attached hydrogen (secondary N) is 1. The number of amides is 1. The lowest BCUT2D eigenvalue weighted by atomic mass is 10.1. The molecule has 2 rings (SSSR count). The molecule has 1 N–H and O–H groups in total. The number of rotatable bonds is 5. The Hall–Kier alpha value is -3.84. The van der Waals surface area contributed by atoms with E-state index in [4.69, 9.17) is 10.00 Å². The fraction of sp³-hybridized carbons (Fsp3) is 0.158. The zero-order valence-electron chi connectivity index (χ0n) is 13.8. The van der Waals surface area contributed by atoms with Crippen molar-refractivity contribution in [1.82, 2.24) is 5.32 Å². The number of nitro benzene ring substituents is 1. The molecule has 2 aromatic rings. The molecule has 0 saturated heterocycles. The van der Waals surface area contributed by atoms with Crippen LogP contribution in [-0.2, 0) is 11.3 Å². The number of hydrogen-bond donors (Lipinski definition) is 1. The Kier molecular flexibility index (Phi) is 6.73. The van der Waals surface area contributed by atoms with E-state index >= 15 is 0 Å². The first kappa shape index (κ1) is 18.5. The highest BCUT2D eigenvalue weighted by molar-refractivity contribution is 5.67. The highest BCUT2D eigenvalue weighted by Crippen LogP contribution is 2.18. The topological polar surface area (TPSA) is 105 Å². The number of ether oxygens (including phenoxy) is 1. The fourth-order valence-electron chi connectivity index (χ4n) is 2.02. The van der Waals surface area contributed by atoms with Crippen molar-refractivity contribution in [2.75, 3.05) is 6.54 Å². The highest BCUT2D eigenvalue weighted by Gasteiger charge is 2.13. The van der Waals surface area contributed by atoms with Crippen LogP contribution >= 0.6 is 0 Å². The standard InChI is InChI=1S/C19H15N3O4/c20-13-17-10-9-15(12-18(17)22(24)25)6-4-5-11-21-19(23)26-14-16-7-2-1-3-8-16/h1-3,7-10,12H,5,11,14H2,(H,21,23). The number of nitro groups is 1. The molecule has 0 heterocycles. The Bertz CT molecular complexity index is 892. The van der Waals surface area contributed by atoms with Crippen LogP contribution in [0.4, 0.5) is 10.5 Å². The molecule has 130 valence electrons. The van der Waals surface area contributed by atoms with Gasteiger partial charge in [0.25, 0.3) is 5.69 Å². The minimum Gasteiger partial charge on any atom is -0.445 e. The summed E-state index contributed by atoms with van der Waals surface area (Å²) in [6.07, 6.45) is -0.182. The second-order valence-corrected chi connectivity index (χ2v) is 5.14. The normalized spacial score (nSPS) is 9.35. The van der Waals surface area contributed by atoms with Crippen molar-refractivity contribution in [3.05, 3.63) is 75.3 Å². The maximum atomic E-state index is 11.6. The Balaban J connectivity index is 1.78. The molecule has 0 unspecified atom stereocenters. The second kappa shape index (κ2) is 9.45. The smallest absolute Gasteiger partial charge is 0.407 e. The van der Waals surface area contributed by atoms with Crippen molar-refractivity contribution in [2.24, 2.45) is 0 Å². The summed E-state index contributed by atoms with van der Waals surface area (Å²) in [4.78, 5) is 21.8. The minimum absolute atomic E-state index is 0.0108. The molecule has 0 saturated carbocycles. The largest absolute Gasteiger partial charge is 0.445 e. The molecule has 0 atom stereocenters. The van der Waals surface area contributed by atoms with Crippen molar-refractivity contribution >= 4 is 11.8 Å². The molecule has 0 spiro atoms.